The molecule has 3 heterocycles. The molecule has 1 aromatic heterocycles. The van der Waals surface area contributed by atoms with Gasteiger partial charge in [0, 0.05) is 68.8 Å². The van der Waals surface area contributed by atoms with Gasteiger partial charge in [-0.15, -0.1) is 0 Å². The third-order valence-corrected chi connectivity index (χ3v) is 6.47. The molecule has 3 rings (SSSR count). The molecule has 2 aliphatic heterocycles. The van der Waals surface area contributed by atoms with Crippen molar-refractivity contribution in [1.82, 2.24) is 14.2 Å². The minimum absolute atomic E-state index is 0.0924. The van der Waals surface area contributed by atoms with Crippen LogP contribution in [0.4, 0.5) is 13.2 Å². The van der Waals surface area contributed by atoms with Crippen LogP contribution in [0.1, 0.15) is 26.2 Å². The lowest BCUT2D eigenvalue weighted by atomic mass is 9.93. The van der Waals surface area contributed by atoms with Crippen molar-refractivity contribution >= 4 is 23.8 Å². The molecule has 196 valence electrons. The molecule has 4 N–H and O–H groups in total. The lowest BCUT2D eigenvalue weighted by molar-refractivity contribution is -0.161. The van der Waals surface area contributed by atoms with E-state index < -0.39 is 11.9 Å². The number of aliphatic carboxylic acids is 1. The summed E-state index contributed by atoms with van der Waals surface area (Å²) in [5.74, 6) is -4.66. The fraction of sp³-hybridized carbons (Fsp3) is 0.591. The second kappa shape index (κ2) is 13.7. The number of halogens is 3. The van der Waals surface area contributed by atoms with Gasteiger partial charge in [-0.25, -0.2) is 18.5 Å². The number of rotatable bonds is 9. The number of carbonyl (C=O) groups excluding carboxylic acids is 1. The van der Waals surface area contributed by atoms with E-state index in [4.69, 9.17) is 15.6 Å². The Hall–Kier alpha value is -2.35. The number of piperidine rings is 1. The van der Waals surface area contributed by atoms with Crippen LogP contribution in [0.25, 0.3) is 0 Å². The molecule has 2 saturated heterocycles. The first-order valence-electron chi connectivity index (χ1n) is 11.1. The molecule has 13 heteroatoms. The lowest BCUT2D eigenvalue weighted by Crippen LogP contribution is -2.53. The van der Waals surface area contributed by atoms with Gasteiger partial charge in [0.05, 0.1) is 12.4 Å². The van der Waals surface area contributed by atoms with Crippen LogP contribution in [-0.4, -0.2) is 87.6 Å². The van der Waals surface area contributed by atoms with Gasteiger partial charge in [0.15, 0.2) is 0 Å². The highest BCUT2D eigenvalue weighted by Crippen LogP contribution is 2.30. The molecule has 1 amide bonds. The molecule has 0 aliphatic carbocycles. The second-order valence-corrected chi connectivity index (χ2v) is 9.58. The van der Waals surface area contributed by atoms with Crippen LogP contribution in [0, 0.1) is 5.92 Å². The number of hydrogen-bond acceptors (Lipinski definition) is 8. The third-order valence-electron chi connectivity index (χ3n) is 5.39. The highest BCUT2D eigenvalue weighted by molar-refractivity contribution is 7.97. The zero-order valence-corrected chi connectivity index (χ0v) is 20.2. The number of likely N-dealkylation sites (tertiary alicyclic amines) is 1. The van der Waals surface area contributed by atoms with E-state index in [2.05, 4.69) is 9.29 Å². The van der Waals surface area contributed by atoms with E-state index >= 15 is 0 Å². The first-order chi connectivity index (χ1) is 16.5. The number of nitrogens with zero attached hydrogens (tertiary/aromatic N) is 3. The van der Waals surface area contributed by atoms with Crippen LogP contribution >= 0.6 is 11.9 Å². The van der Waals surface area contributed by atoms with E-state index in [1.54, 1.807) is 29.1 Å². The highest BCUT2D eigenvalue weighted by Gasteiger charge is 2.32. The standard InChI is InChI=1S/C19H27FN4O3S.C3H4F2O2/c20-8-15(9-21)13-27-18-2-1-17(10-22-18)28-24-5-3-14(4-6-24)7-19(26)23-11-16(25)12-23;1-3(4,5)2(6)7/h1-2,8,10,14,16,25H,3-7,9,11-13,21H2;1H3,(H,6,7)/b15-8-;. The van der Waals surface area contributed by atoms with Gasteiger partial charge in [-0.2, -0.15) is 8.78 Å². The van der Waals surface area contributed by atoms with Crippen molar-refractivity contribution in [3.05, 3.63) is 30.2 Å². The molecule has 0 bridgehead atoms. The van der Waals surface area contributed by atoms with E-state index in [0.717, 1.165) is 30.8 Å². The van der Waals surface area contributed by atoms with Crippen LogP contribution < -0.4 is 10.5 Å². The Morgan fingerprint density at radius 3 is 2.40 bits per heavy atom. The zero-order valence-electron chi connectivity index (χ0n) is 19.4. The van der Waals surface area contributed by atoms with E-state index in [1.807, 2.05) is 6.07 Å². The molecule has 9 nitrogen and oxygen atoms in total. The van der Waals surface area contributed by atoms with Crippen molar-refractivity contribution in [2.45, 2.75) is 43.1 Å². The third kappa shape index (κ3) is 10.0. The lowest BCUT2D eigenvalue weighted by Gasteiger charge is -2.37. The highest BCUT2D eigenvalue weighted by atomic mass is 32.2. The molecule has 0 spiro atoms. The van der Waals surface area contributed by atoms with Crippen molar-refractivity contribution in [3.63, 3.8) is 0 Å². The SMILES string of the molecule is CC(F)(F)C(=O)O.NC/C(=C/F)COc1ccc(SN2CCC(CC(=O)N3CC(O)C3)CC2)cn1. The summed E-state index contributed by atoms with van der Waals surface area (Å²) in [5, 5.41) is 16.8. The number of amides is 1. The van der Waals surface area contributed by atoms with E-state index in [1.165, 1.54) is 0 Å². The molecule has 0 unspecified atom stereocenters. The molecule has 0 radical (unpaired) electrons. The quantitative estimate of drug-likeness (QED) is 0.420. The zero-order chi connectivity index (χ0) is 26.0. The van der Waals surface area contributed by atoms with E-state index in [9.17, 15) is 27.9 Å². The number of ether oxygens (including phenoxy) is 1. The number of β-amino-alcohol motifs (C(OH)–C–C–N with tert-alkyl or cyclic N) is 1. The fourth-order valence-electron chi connectivity index (χ4n) is 3.20. The minimum atomic E-state index is -3.58. The largest absolute Gasteiger partial charge is 0.477 e. The van der Waals surface area contributed by atoms with Crippen LogP contribution in [0.5, 0.6) is 5.88 Å². The maximum atomic E-state index is 12.5. The summed E-state index contributed by atoms with van der Waals surface area (Å²) in [7, 11) is 0. The molecule has 1 aromatic rings. The average molecular weight is 521 g/mol. The van der Waals surface area contributed by atoms with Gasteiger partial charge >= 0.3 is 11.9 Å². The number of nitrogens with two attached hydrogens (primary N) is 1. The van der Waals surface area contributed by atoms with Gasteiger partial charge in [0.2, 0.25) is 11.8 Å². The summed E-state index contributed by atoms with van der Waals surface area (Å²) < 4.78 is 42.7. The van der Waals surface area contributed by atoms with E-state index in [-0.39, 0.29) is 25.2 Å². The molecule has 0 atom stereocenters. The van der Waals surface area contributed by atoms with Crippen LogP contribution in [0.3, 0.4) is 0 Å². The number of aliphatic hydroxyl groups is 1. The van der Waals surface area contributed by atoms with Gasteiger partial charge in [-0.05, 0) is 36.8 Å². The summed E-state index contributed by atoms with van der Waals surface area (Å²) in [5.41, 5.74) is 5.77. The number of carbonyl (C=O) groups is 2. The predicted octanol–water partition coefficient (Wildman–Crippen LogP) is 2.31. The molecular formula is C22H31F3N4O5S. The van der Waals surface area contributed by atoms with Crippen molar-refractivity contribution in [2.75, 3.05) is 39.3 Å². The van der Waals surface area contributed by atoms with Gasteiger partial charge in [0.25, 0.3) is 0 Å². The van der Waals surface area contributed by atoms with Crippen LogP contribution in [-0.2, 0) is 9.59 Å². The molecule has 2 aliphatic rings. The first-order valence-corrected chi connectivity index (χ1v) is 11.9. The van der Waals surface area contributed by atoms with Crippen molar-refractivity contribution in [3.8, 4) is 5.88 Å². The monoisotopic (exact) mass is 520 g/mol. The van der Waals surface area contributed by atoms with Gasteiger partial charge in [-0.1, -0.05) is 0 Å². The number of pyridine rings is 1. The summed E-state index contributed by atoms with van der Waals surface area (Å²) in [6, 6.07) is 3.70. The van der Waals surface area contributed by atoms with Crippen molar-refractivity contribution < 1.29 is 37.7 Å². The summed E-state index contributed by atoms with van der Waals surface area (Å²) in [6.45, 7) is 3.35. The molecule has 2 fully saturated rings. The summed E-state index contributed by atoms with van der Waals surface area (Å²) >= 11 is 1.65. The number of aromatic nitrogens is 1. The maximum Gasteiger partial charge on any atom is 0.374 e. The number of aliphatic hydroxyl groups excluding tert-OH is 1. The summed E-state index contributed by atoms with van der Waals surface area (Å²) in [6.07, 6.45) is 4.43. The number of hydrogen-bond donors (Lipinski definition) is 3. The summed E-state index contributed by atoms with van der Waals surface area (Å²) in [4.78, 5) is 28.4. The Labute approximate surface area is 206 Å². The van der Waals surface area contributed by atoms with Gasteiger partial charge in [0.1, 0.15) is 6.61 Å². The molecule has 35 heavy (non-hydrogen) atoms. The van der Waals surface area contributed by atoms with Crippen LogP contribution in [0.15, 0.2) is 35.1 Å². The molecule has 0 aromatic carbocycles. The number of carboxylic acid groups (broad SMARTS) is 1. The van der Waals surface area contributed by atoms with Gasteiger partial charge in [-0.3, -0.25) is 4.79 Å². The topological polar surface area (TPSA) is 129 Å². The van der Waals surface area contributed by atoms with Crippen LogP contribution in [0.2, 0.25) is 0 Å². The minimum Gasteiger partial charge on any atom is -0.477 e. The molecule has 0 saturated carbocycles. The Morgan fingerprint density at radius 2 is 1.94 bits per heavy atom. The molecular weight excluding hydrogens is 489 g/mol. The predicted molar refractivity (Wildman–Crippen MR) is 124 cm³/mol. The van der Waals surface area contributed by atoms with Gasteiger partial charge < -0.3 is 25.6 Å². The maximum absolute atomic E-state index is 12.5. The normalized spacial score (nSPS) is 17.9. The number of alkyl halides is 2. The Morgan fingerprint density at radius 1 is 1.31 bits per heavy atom. The Bertz CT molecular complexity index is 856. The Balaban J connectivity index is 0.000000540. The average Bonchev–Trinajstić information content (AvgIpc) is 2.79. The van der Waals surface area contributed by atoms with Crippen molar-refractivity contribution in [1.29, 1.82) is 0 Å². The second-order valence-electron chi connectivity index (χ2n) is 8.41. The van der Waals surface area contributed by atoms with Crippen molar-refractivity contribution in [2.24, 2.45) is 11.7 Å². The Kier molecular flexibility index (Phi) is 11.3. The van der Waals surface area contributed by atoms with E-state index in [0.29, 0.717) is 50.1 Å². The smallest absolute Gasteiger partial charge is 0.374 e. The first kappa shape index (κ1) is 28.9. The number of carboxylic acids is 1. The fourth-order valence-corrected chi connectivity index (χ4v) is 4.12.